The van der Waals surface area contributed by atoms with Crippen molar-refractivity contribution in [1.82, 2.24) is 9.88 Å². The molecule has 3 aromatic rings. The molecule has 0 atom stereocenters. The largest absolute Gasteiger partial charge is 0.471 e. The van der Waals surface area contributed by atoms with Crippen molar-refractivity contribution in [1.29, 1.82) is 0 Å². The van der Waals surface area contributed by atoms with Crippen LogP contribution in [0.1, 0.15) is 22.3 Å². The quantitative estimate of drug-likeness (QED) is 0.727. The van der Waals surface area contributed by atoms with Gasteiger partial charge in [0.1, 0.15) is 0 Å². The molecular formula is C21H19F3N2O2. The summed E-state index contributed by atoms with van der Waals surface area (Å²) in [6, 6.07) is 13.7. The van der Waals surface area contributed by atoms with E-state index in [-0.39, 0.29) is 12.1 Å². The second-order valence-electron chi connectivity index (χ2n) is 6.81. The van der Waals surface area contributed by atoms with Gasteiger partial charge in [-0.3, -0.25) is 9.59 Å². The molecule has 0 aliphatic carbocycles. The van der Waals surface area contributed by atoms with Crippen molar-refractivity contribution in [3.8, 4) is 0 Å². The average Bonchev–Trinajstić information content (AvgIpc) is 2.62. The highest BCUT2D eigenvalue weighted by Gasteiger charge is 2.42. The molecule has 0 fully saturated rings. The number of nitrogens with zero attached hydrogens (tertiary/aromatic N) is 1. The summed E-state index contributed by atoms with van der Waals surface area (Å²) in [6.45, 7) is 3.06. The standard InChI is InChI=1S/C21H19F3N2O2/c1-13-8-14(2)18-16(9-13)10-17(19(27)25-18)12-26(20(28)21(22,23)24)11-15-6-4-3-5-7-15/h3-10H,11-12H2,1-2H3,(H,25,27). The van der Waals surface area contributed by atoms with Gasteiger partial charge in [0, 0.05) is 12.1 Å². The molecule has 1 heterocycles. The third-order valence-corrected chi connectivity index (χ3v) is 4.48. The molecule has 0 unspecified atom stereocenters. The molecule has 0 bridgehead atoms. The molecule has 1 aromatic heterocycles. The Bertz CT molecular complexity index is 1070. The topological polar surface area (TPSA) is 53.2 Å². The monoisotopic (exact) mass is 388 g/mol. The van der Waals surface area contributed by atoms with Crippen LogP contribution in [0.4, 0.5) is 13.2 Å². The lowest BCUT2D eigenvalue weighted by Crippen LogP contribution is -2.41. The highest BCUT2D eigenvalue weighted by atomic mass is 19.4. The van der Waals surface area contributed by atoms with Crippen LogP contribution in [-0.4, -0.2) is 22.0 Å². The van der Waals surface area contributed by atoms with E-state index in [9.17, 15) is 22.8 Å². The molecule has 0 saturated carbocycles. The van der Waals surface area contributed by atoms with Crippen molar-refractivity contribution in [3.63, 3.8) is 0 Å². The zero-order chi connectivity index (χ0) is 20.5. The van der Waals surface area contributed by atoms with Gasteiger partial charge >= 0.3 is 12.1 Å². The predicted octanol–water partition coefficient (Wildman–Crippen LogP) is 4.24. The summed E-state index contributed by atoms with van der Waals surface area (Å²) >= 11 is 0. The molecule has 3 rings (SSSR count). The molecule has 28 heavy (non-hydrogen) atoms. The number of halogens is 3. The number of nitrogens with one attached hydrogen (secondary N) is 1. The average molecular weight is 388 g/mol. The number of aromatic amines is 1. The summed E-state index contributed by atoms with van der Waals surface area (Å²) in [6.07, 6.45) is -5.02. The molecule has 1 amide bonds. The fraction of sp³-hybridized carbons (Fsp3) is 0.238. The lowest BCUT2D eigenvalue weighted by atomic mass is 10.0. The van der Waals surface area contributed by atoms with Crippen LogP contribution in [0.25, 0.3) is 10.9 Å². The highest BCUT2D eigenvalue weighted by molar-refractivity contribution is 5.84. The van der Waals surface area contributed by atoms with Gasteiger partial charge in [-0.05, 0) is 42.5 Å². The van der Waals surface area contributed by atoms with Crippen LogP contribution in [-0.2, 0) is 17.9 Å². The van der Waals surface area contributed by atoms with Crippen LogP contribution in [0.3, 0.4) is 0 Å². The first-order valence-electron chi connectivity index (χ1n) is 8.68. The number of rotatable bonds is 4. The van der Waals surface area contributed by atoms with Gasteiger partial charge in [0.15, 0.2) is 0 Å². The zero-order valence-corrected chi connectivity index (χ0v) is 15.4. The molecule has 146 valence electrons. The summed E-state index contributed by atoms with van der Waals surface area (Å²) in [7, 11) is 0. The van der Waals surface area contributed by atoms with E-state index in [1.807, 2.05) is 26.0 Å². The van der Waals surface area contributed by atoms with Crippen LogP contribution in [0.5, 0.6) is 0 Å². The third kappa shape index (κ3) is 4.24. The molecule has 0 aliphatic rings. The van der Waals surface area contributed by atoms with E-state index in [2.05, 4.69) is 4.98 Å². The van der Waals surface area contributed by atoms with E-state index in [4.69, 9.17) is 0 Å². The van der Waals surface area contributed by atoms with E-state index in [1.165, 1.54) is 0 Å². The smallest absolute Gasteiger partial charge is 0.326 e. The lowest BCUT2D eigenvalue weighted by Gasteiger charge is -2.24. The molecule has 0 aliphatic heterocycles. The fourth-order valence-corrected chi connectivity index (χ4v) is 3.24. The van der Waals surface area contributed by atoms with E-state index < -0.39 is 24.2 Å². The van der Waals surface area contributed by atoms with Crippen molar-refractivity contribution >= 4 is 16.8 Å². The Morgan fingerprint density at radius 2 is 1.71 bits per heavy atom. The zero-order valence-electron chi connectivity index (χ0n) is 15.4. The van der Waals surface area contributed by atoms with Gasteiger partial charge in [-0.2, -0.15) is 13.2 Å². The van der Waals surface area contributed by atoms with Crippen LogP contribution >= 0.6 is 0 Å². The second kappa shape index (κ2) is 7.50. The number of carbonyl (C=O) groups is 1. The number of hydrogen-bond donors (Lipinski definition) is 1. The lowest BCUT2D eigenvalue weighted by molar-refractivity contribution is -0.186. The number of alkyl halides is 3. The Labute approximate surface area is 159 Å². The first-order chi connectivity index (χ1) is 13.1. The maximum atomic E-state index is 13.1. The van der Waals surface area contributed by atoms with Gasteiger partial charge in [-0.15, -0.1) is 0 Å². The minimum Gasteiger partial charge on any atom is -0.326 e. The Morgan fingerprint density at radius 3 is 2.36 bits per heavy atom. The van der Waals surface area contributed by atoms with Crippen LogP contribution in [0.2, 0.25) is 0 Å². The summed E-state index contributed by atoms with van der Waals surface area (Å²) in [5, 5.41) is 0.714. The van der Waals surface area contributed by atoms with E-state index in [1.54, 1.807) is 36.4 Å². The minimum atomic E-state index is -5.02. The number of carbonyl (C=O) groups excluding carboxylic acids is 1. The maximum Gasteiger partial charge on any atom is 0.471 e. The Morgan fingerprint density at radius 1 is 1.04 bits per heavy atom. The molecule has 2 aromatic carbocycles. The Kier molecular flexibility index (Phi) is 5.27. The van der Waals surface area contributed by atoms with E-state index in [0.29, 0.717) is 21.4 Å². The van der Waals surface area contributed by atoms with E-state index >= 15 is 0 Å². The number of amides is 1. The number of aromatic nitrogens is 1. The molecule has 0 spiro atoms. The summed E-state index contributed by atoms with van der Waals surface area (Å²) in [5.74, 6) is -1.98. The van der Waals surface area contributed by atoms with Crippen LogP contribution in [0, 0.1) is 13.8 Å². The fourth-order valence-electron chi connectivity index (χ4n) is 3.24. The van der Waals surface area contributed by atoms with Crippen molar-refractivity contribution in [3.05, 3.63) is 81.1 Å². The molecule has 7 heteroatoms. The second-order valence-corrected chi connectivity index (χ2v) is 6.81. The Balaban J connectivity index is 2.01. The molecule has 0 saturated heterocycles. The number of pyridine rings is 1. The number of fused-ring (bicyclic) bond motifs is 1. The van der Waals surface area contributed by atoms with Gasteiger partial charge in [-0.1, -0.05) is 42.0 Å². The molecule has 4 nitrogen and oxygen atoms in total. The van der Waals surface area contributed by atoms with Gasteiger partial charge in [-0.25, -0.2) is 0 Å². The van der Waals surface area contributed by atoms with Crippen molar-refractivity contribution in [2.75, 3.05) is 0 Å². The minimum absolute atomic E-state index is 0.103. The van der Waals surface area contributed by atoms with Crippen molar-refractivity contribution in [2.24, 2.45) is 0 Å². The number of hydrogen-bond acceptors (Lipinski definition) is 2. The molecule has 0 radical (unpaired) electrons. The number of aryl methyl sites for hydroxylation is 2. The molecular weight excluding hydrogens is 369 g/mol. The third-order valence-electron chi connectivity index (χ3n) is 4.48. The maximum absolute atomic E-state index is 13.1. The first kappa shape index (κ1) is 19.7. The van der Waals surface area contributed by atoms with Crippen molar-refractivity contribution in [2.45, 2.75) is 33.1 Å². The van der Waals surface area contributed by atoms with Gasteiger partial charge < -0.3 is 9.88 Å². The predicted molar refractivity (Wildman–Crippen MR) is 101 cm³/mol. The van der Waals surface area contributed by atoms with Crippen LogP contribution < -0.4 is 5.56 Å². The van der Waals surface area contributed by atoms with E-state index in [0.717, 1.165) is 11.1 Å². The summed E-state index contributed by atoms with van der Waals surface area (Å²) < 4.78 is 39.3. The van der Waals surface area contributed by atoms with Crippen molar-refractivity contribution < 1.29 is 18.0 Å². The summed E-state index contributed by atoms with van der Waals surface area (Å²) in [4.78, 5) is 27.8. The Hall–Kier alpha value is -3.09. The molecule has 1 N–H and O–H groups in total. The van der Waals surface area contributed by atoms with Crippen LogP contribution in [0.15, 0.2) is 53.3 Å². The SMILES string of the molecule is Cc1cc(C)c2[nH]c(=O)c(CN(Cc3ccccc3)C(=O)C(F)(F)F)cc2c1. The van der Waals surface area contributed by atoms with Gasteiger partial charge in [0.2, 0.25) is 0 Å². The summed E-state index contributed by atoms with van der Waals surface area (Å²) in [5.41, 5.74) is 2.61. The number of H-pyrrole nitrogens is 1. The highest BCUT2D eigenvalue weighted by Crippen LogP contribution is 2.23. The normalized spacial score (nSPS) is 11.6. The number of benzene rings is 2. The van der Waals surface area contributed by atoms with Gasteiger partial charge in [0.25, 0.3) is 5.56 Å². The van der Waals surface area contributed by atoms with Gasteiger partial charge in [0.05, 0.1) is 12.1 Å². The first-order valence-corrected chi connectivity index (χ1v) is 8.68.